The Hall–Kier alpha value is -0.0400. The summed E-state index contributed by atoms with van der Waals surface area (Å²) in [7, 11) is 0. The molecule has 1 aromatic carbocycles. The fourth-order valence-corrected chi connectivity index (χ4v) is 2.51. The van der Waals surface area contributed by atoms with Gasteiger partial charge < -0.3 is 9.64 Å². The number of alkyl halides is 1. The van der Waals surface area contributed by atoms with Crippen LogP contribution in [0.5, 0.6) is 0 Å². The number of carbonyl (C=O) groups excluding carboxylic acids is 1. The van der Waals surface area contributed by atoms with E-state index < -0.39 is 0 Å². The number of rotatable bonds is 2. The summed E-state index contributed by atoms with van der Waals surface area (Å²) in [6.07, 6.45) is -0.0799. The highest BCUT2D eigenvalue weighted by molar-refractivity contribution is 14.1. The molecule has 1 atom stereocenters. The molecule has 3 nitrogen and oxygen atoms in total. The summed E-state index contributed by atoms with van der Waals surface area (Å²) in [5.41, 5.74) is 0.607. The molecule has 1 aromatic rings. The zero-order chi connectivity index (χ0) is 13.1. The third-order valence-corrected chi connectivity index (χ3v) is 4.68. The molecule has 1 saturated heterocycles. The van der Waals surface area contributed by atoms with Crippen LogP contribution in [-0.4, -0.2) is 42.5 Å². The van der Waals surface area contributed by atoms with Gasteiger partial charge in [0.2, 0.25) is 0 Å². The van der Waals surface area contributed by atoms with E-state index in [4.69, 9.17) is 27.9 Å². The van der Waals surface area contributed by atoms with Crippen LogP contribution in [0.2, 0.25) is 5.02 Å². The molecular formula is C12H12Cl2INO2. The van der Waals surface area contributed by atoms with Gasteiger partial charge in [0.25, 0.3) is 5.91 Å². The monoisotopic (exact) mass is 399 g/mol. The first-order chi connectivity index (χ1) is 8.61. The van der Waals surface area contributed by atoms with Gasteiger partial charge in [0.05, 0.1) is 23.6 Å². The van der Waals surface area contributed by atoms with Gasteiger partial charge in [-0.3, -0.25) is 4.79 Å². The highest BCUT2D eigenvalue weighted by atomic mass is 127. The highest BCUT2D eigenvalue weighted by Gasteiger charge is 2.24. The highest BCUT2D eigenvalue weighted by Crippen LogP contribution is 2.21. The molecule has 1 fully saturated rings. The van der Waals surface area contributed by atoms with Gasteiger partial charge in [-0.05, 0) is 40.8 Å². The molecule has 6 heteroatoms. The number of hydrogen-bond acceptors (Lipinski definition) is 2. The molecule has 1 aliphatic rings. The molecule has 0 bridgehead atoms. The molecule has 1 amide bonds. The lowest BCUT2D eigenvalue weighted by molar-refractivity contribution is -0.0108. The van der Waals surface area contributed by atoms with E-state index in [9.17, 15) is 4.79 Å². The maximum Gasteiger partial charge on any atom is 0.254 e. The molecule has 1 heterocycles. The van der Waals surface area contributed by atoms with Gasteiger partial charge in [0, 0.05) is 22.2 Å². The van der Waals surface area contributed by atoms with E-state index in [2.05, 4.69) is 22.6 Å². The van der Waals surface area contributed by atoms with E-state index in [1.54, 1.807) is 17.0 Å². The minimum atomic E-state index is -0.0799. The Bertz CT molecular complexity index is 456. The van der Waals surface area contributed by atoms with Gasteiger partial charge >= 0.3 is 0 Å². The van der Waals surface area contributed by atoms with Crippen molar-refractivity contribution >= 4 is 51.7 Å². The molecule has 98 valence electrons. The van der Waals surface area contributed by atoms with E-state index in [-0.39, 0.29) is 12.0 Å². The van der Waals surface area contributed by atoms with E-state index in [0.717, 1.165) is 3.57 Å². The van der Waals surface area contributed by atoms with Crippen molar-refractivity contribution in [3.05, 3.63) is 32.4 Å². The Labute approximate surface area is 130 Å². The van der Waals surface area contributed by atoms with E-state index >= 15 is 0 Å². The predicted molar refractivity (Wildman–Crippen MR) is 80.5 cm³/mol. The molecule has 0 aromatic heterocycles. The lowest BCUT2D eigenvalue weighted by Gasteiger charge is -2.32. The van der Waals surface area contributed by atoms with Gasteiger partial charge in [-0.15, -0.1) is 11.6 Å². The predicted octanol–water partition coefficient (Wildman–Crippen LogP) is 3.02. The number of hydrogen-bond donors (Lipinski definition) is 0. The van der Waals surface area contributed by atoms with Gasteiger partial charge in [-0.25, -0.2) is 0 Å². The Kier molecular flexibility index (Phi) is 5.12. The number of carbonyl (C=O) groups is 1. The van der Waals surface area contributed by atoms with E-state index in [1.807, 2.05) is 6.07 Å². The van der Waals surface area contributed by atoms with Crippen LogP contribution in [0.15, 0.2) is 18.2 Å². The molecule has 2 rings (SSSR count). The van der Waals surface area contributed by atoms with Gasteiger partial charge in [-0.1, -0.05) is 11.6 Å². The summed E-state index contributed by atoms with van der Waals surface area (Å²) in [6.45, 7) is 1.66. The maximum absolute atomic E-state index is 12.3. The maximum atomic E-state index is 12.3. The quantitative estimate of drug-likeness (QED) is 0.565. The summed E-state index contributed by atoms with van der Waals surface area (Å²) >= 11 is 13.9. The Balaban J connectivity index is 2.12. The Morgan fingerprint density at radius 2 is 2.33 bits per heavy atom. The lowest BCUT2D eigenvalue weighted by Crippen LogP contribution is -2.46. The normalized spacial score (nSPS) is 19.9. The van der Waals surface area contributed by atoms with Crippen LogP contribution in [0.1, 0.15) is 10.4 Å². The number of morpholine rings is 1. The first-order valence-electron chi connectivity index (χ1n) is 5.53. The van der Waals surface area contributed by atoms with Crippen LogP contribution < -0.4 is 0 Å². The number of halogens is 3. The van der Waals surface area contributed by atoms with Crippen molar-refractivity contribution in [2.75, 3.05) is 25.6 Å². The summed E-state index contributed by atoms with van der Waals surface area (Å²) < 4.78 is 6.37. The second-order valence-corrected chi connectivity index (χ2v) is 5.91. The summed E-state index contributed by atoms with van der Waals surface area (Å²) in [4.78, 5) is 14.0. The van der Waals surface area contributed by atoms with Crippen LogP contribution in [-0.2, 0) is 4.74 Å². The van der Waals surface area contributed by atoms with Crippen molar-refractivity contribution in [3.63, 3.8) is 0 Å². The molecular weight excluding hydrogens is 388 g/mol. The van der Waals surface area contributed by atoms with Crippen molar-refractivity contribution < 1.29 is 9.53 Å². The van der Waals surface area contributed by atoms with Crippen molar-refractivity contribution in [1.82, 2.24) is 4.90 Å². The van der Waals surface area contributed by atoms with Crippen LogP contribution in [0.3, 0.4) is 0 Å². The number of ether oxygens (including phenoxy) is 1. The van der Waals surface area contributed by atoms with Crippen molar-refractivity contribution in [2.24, 2.45) is 0 Å². The largest absolute Gasteiger partial charge is 0.373 e. The van der Waals surface area contributed by atoms with Crippen LogP contribution in [0.4, 0.5) is 0 Å². The SMILES string of the molecule is O=C(c1ccc(I)c(Cl)c1)N1CCOC(CCl)C1. The summed E-state index contributed by atoms with van der Waals surface area (Å²) in [5.74, 6) is 0.378. The third kappa shape index (κ3) is 3.29. The summed E-state index contributed by atoms with van der Waals surface area (Å²) in [6, 6.07) is 5.34. The fraction of sp³-hybridized carbons (Fsp3) is 0.417. The molecule has 18 heavy (non-hydrogen) atoms. The summed E-state index contributed by atoms with van der Waals surface area (Å²) in [5, 5.41) is 0.601. The molecule has 1 aliphatic heterocycles. The van der Waals surface area contributed by atoms with Gasteiger partial charge in [-0.2, -0.15) is 0 Å². The number of nitrogens with zero attached hydrogens (tertiary/aromatic N) is 1. The zero-order valence-electron chi connectivity index (χ0n) is 9.54. The van der Waals surface area contributed by atoms with E-state index in [0.29, 0.717) is 36.2 Å². The smallest absolute Gasteiger partial charge is 0.254 e. The van der Waals surface area contributed by atoms with Crippen molar-refractivity contribution in [3.8, 4) is 0 Å². The molecule has 0 saturated carbocycles. The molecule has 0 N–H and O–H groups in total. The van der Waals surface area contributed by atoms with Crippen LogP contribution in [0, 0.1) is 3.57 Å². The van der Waals surface area contributed by atoms with Crippen LogP contribution in [0.25, 0.3) is 0 Å². The topological polar surface area (TPSA) is 29.5 Å². The molecule has 0 radical (unpaired) electrons. The second kappa shape index (κ2) is 6.41. The van der Waals surface area contributed by atoms with E-state index in [1.165, 1.54) is 0 Å². The first kappa shape index (κ1) is 14.4. The zero-order valence-corrected chi connectivity index (χ0v) is 13.2. The first-order valence-corrected chi connectivity index (χ1v) is 7.53. The number of amides is 1. The third-order valence-electron chi connectivity index (χ3n) is 2.76. The standard InChI is InChI=1S/C12H12Cl2INO2/c13-6-9-7-16(3-4-18-9)12(17)8-1-2-11(15)10(14)5-8/h1-2,5,9H,3-4,6-7H2. The average Bonchev–Trinajstić information content (AvgIpc) is 2.41. The molecule has 0 aliphatic carbocycles. The lowest BCUT2D eigenvalue weighted by atomic mass is 10.2. The van der Waals surface area contributed by atoms with Crippen LogP contribution >= 0.6 is 45.8 Å². The number of benzene rings is 1. The average molecular weight is 400 g/mol. The van der Waals surface area contributed by atoms with Gasteiger partial charge in [0.15, 0.2) is 0 Å². The van der Waals surface area contributed by atoms with Crippen molar-refractivity contribution in [2.45, 2.75) is 6.10 Å². The second-order valence-electron chi connectivity index (χ2n) is 4.03. The van der Waals surface area contributed by atoms with Gasteiger partial charge in [0.1, 0.15) is 0 Å². The minimum absolute atomic E-state index is 0.0216. The Morgan fingerprint density at radius 3 is 3.00 bits per heavy atom. The van der Waals surface area contributed by atoms with Crippen molar-refractivity contribution in [1.29, 1.82) is 0 Å². The molecule has 1 unspecified atom stereocenters. The molecule has 0 spiro atoms. The Morgan fingerprint density at radius 1 is 1.56 bits per heavy atom. The fourth-order valence-electron chi connectivity index (χ4n) is 1.81. The minimum Gasteiger partial charge on any atom is -0.373 e.